The standard InChI is InChI=1S/C22H22ClN5O/c1-14-3-4-15(11-20(14)23)13-25-21-19-12-16(24-2)5-6-18(19)22(27-26-21)28-9-7-17(29)8-10-28/h3-6,11-12,17,29H,7-10,13H2,1H3,(H,25,26). The van der Waals surface area contributed by atoms with Gasteiger partial charge >= 0.3 is 0 Å². The molecule has 1 aliphatic heterocycles. The fraction of sp³-hybridized carbons (Fsp3) is 0.318. The van der Waals surface area contributed by atoms with E-state index in [1.54, 1.807) is 0 Å². The van der Waals surface area contributed by atoms with E-state index in [4.69, 9.17) is 18.2 Å². The van der Waals surface area contributed by atoms with Gasteiger partial charge in [-0.25, -0.2) is 4.85 Å². The second kappa shape index (κ2) is 8.24. The molecular weight excluding hydrogens is 386 g/mol. The maximum atomic E-state index is 9.80. The zero-order valence-corrected chi connectivity index (χ0v) is 16.9. The molecule has 0 unspecified atom stereocenters. The lowest BCUT2D eigenvalue weighted by Gasteiger charge is -2.31. The molecular formula is C22H22ClN5O. The lowest BCUT2D eigenvalue weighted by atomic mass is 10.1. The van der Waals surface area contributed by atoms with Gasteiger partial charge in [0.25, 0.3) is 0 Å². The third-order valence-electron chi connectivity index (χ3n) is 5.33. The smallest absolute Gasteiger partial charge is 0.188 e. The molecule has 2 aromatic carbocycles. The van der Waals surface area contributed by atoms with Gasteiger partial charge in [-0.3, -0.25) is 0 Å². The van der Waals surface area contributed by atoms with Crippen molar-refractivity contribution in [1.29, 1.82) is 0 Å². The summed E-state index contributed by atoms with van der Waals surface area (Å²) in [6, 6.07) is 11.6. The Morgan fingerprint density at radius 3 is 2.69 bits per heavy atom. The first-order valence-electron chi connectivity index (χ1n) is 9.65. The number of halogens is 1. The van der Waals surface area contributed by atoms with Gasteiger partial charge in [-0.15, -0.1) is 10.2 Å². The molecule has 0 saturated carbocycles. The molecule has 3 aromatic rings. The van der Waals surface area contributed by atoms with Crippen LogP contribution >= 0.6 is 11.6 Å². The highest BCUT2D eigenvalue weighted by molar-refractivity contribution is 6.31. The number of aliphatic hydroxyl groups is 1. The highest BCUT2D eigenvalue weighted by atomic mass is 35.5. The second-order valence-corrected chi connectivity index (χ2v) is 7.78. The van der Waals surface area contributed by atoms with Gasteiger partial charge in [0.1, 0.15) is 0 Å². The number of piperidine rings is 1. The molecule has 0 amide bonds. The SMILES string of the molecule is [C-]#[N+]c1ccc2c(N3CCC(O)CC3)nnc(NCc3ccc(C)c(Cl)c3)c2c1. The summed E-state index contributed by atoms with van der Waals surface area (Å²) in [6.45, 7) is 11.4. The Morgan fingerprint density at radius 1 is 1.17 bits per heavy atom. The van der Waals surface area contributed by atoms with Crippen molar-refractivity contribution < 1.29 is 5.11 Å². The largest absolute Gasteiger partial charge is 0.393 e. The molecule has 0 bridgehead atoms. The van der Waals surface area contributed by atoms with Crippen LogP contribution in [0, 0.1) is 13.5 Å². The third-order valence-corrected chi connectivity index (χ3v) is 5.74. The summed E-state index contributed by atoms with van der Waals surface area (Å²) >= 11 is 6.23. The van der Waals surface area contributed by atoms with Crippen molar-refractivity contribution in [3.8, 4) is 0 Å². The molecule has 0 aliphatic carbocycles. The summed E-state index contributed by atoms with van der Waals surface area (Å²) in [5, 5.41) is 24.6. The maximum absolute atomic E-state index is 9.80. The summed E-state index contributed by atoms with van der Waals surface area (Å²) < 4.78 is 0. The predicted octanol–water partition coefficient (Wildman–Crippen LogP) is 4.72. The van der Waals surface area contributed by atoms with Crippen LogP contribution in [0.5, 0.6) is 0 Å². The third kappa shape index (κ3) is 4.12. The zero-order valence-electron chi connectivity index (χ0n) is 16.2. The Balaban J connectivity index is 1.67. The second-order valence-electron chi connectivity index (χ2n) is 7.37. The summed E-state index contributed by atoms with van der Waals surface area (Å²) in [6.07, 6.45) is 1.19. The molecule has 148 valence electrons. The molecule has 1 saturated heterocycles. The van der Waals surface area contributed by atoms with Crippen LogP contribution < -0.4 is 10.2 Å². The average Bonchev–Trinajstić information content (AvgIpc) is 2.74. The number of benzene rings is 2. The number of fused-ring (bicyclic) bond motifs is 1. The van der Waals surface area contributed by atoms with Gasteiger partial charge in [0.15, 0.2) is 17.3 Å². The number of rotatable bonds is 4. The molecule has 1 aliphatic rings. The molecule has 6 nitrogen and oxygen atoms in total. The van der Waals surface area contributed by atoms with Gasteiger partial charge in [0, 0.05) is 35.4 Å². The Bertz CT molecular complexity index is 1090. The summed E-state index contributed by atoms with van der Waals surface area (Å²) in [5.74, 6) is 1.44. The van der Waals surface area contributed by atoms with Crippen molar-refractivity contribution in [2.45, 2.75) is 32.4 Å². The Kier molecular flexibility index (Phi) is 5.52. The van der Waals surface area contributed by atoms with Gasteiger partial charge in [0.05, 0.1) is 12.7 Å². The minimum Gasteiger partial charge on any atom is -0.393 e. The fourth-order valence-corrected chi connectivity index (χ4v) is 3.77. The quantitative estimate of drug-likeness (QED) is 0.613. The number of aliphatic hydroxyl groups excluding tert-OH is 1. The van der Waals surface area contributed by atoms with Crippen LogP contribution in [-0.4, -0.2) is 34.5 Å². The first kappa shape index (κ1) is 19.4. The van der Waals surface area contributed by atoms with E-state index in [0.717, 1.165) is 58.7 Å². The molecule has 0 spiro atoms. The van der Waals surface area contributed by atoms with Crippen LogP contribution in [0.4, 0.5) is 17.3 Å². The van der Waals surface area contributed by atoms with E-state index >= 15 is 0 Å². The number of aromatic nitrogens is 2. The molecule has 7 heteroatoms. The van der Waals surface area contributed by atoms with Crippen molar-refractivity contribution in [3.63, 3.8) is 0 Å². The first-order chi connectivity index (χ1) is 14.0. The van der Waals surface area contributed by atoms with Crippen molar-refractivity contribution in [3.05, 3.63) is 64.0 Å². The van der Waals surface area contributed by atoms with Crippen LogP contribution in [0.25, 0.3) is 15.6 Å². The molecule has 29 heavy (non-hydrogen) atoms. The topological polar surface area (TPSA) is 65.6 Å². The van der Waals surface area contributed by atoms with E-state index in [9.17, 15) is 5.11 Å². The van der Waals surface area contributed by atoms with E-state index in [-0.39, 0.29) is 6.10 Å². The average molecular weight is 408 g/mol. The van der Waals surface area contributed by atoms with Crippen LogP contribution in [0.15, 0.2) is 36.4 Å². The van der Waals surface area contributed by atoms with Crippen molar-refractivity contribution in [2.24, 2.45) is 0 Å². The van der Waals surface area contributed by atoms with Crippen molar-refractivity contribution >= 4 is 39.7 Å². The minimum absolute atomic E-state index is 0.249. The highest BCUT2D eigenvalue weighted by Crippen LogP contribution is 2.33. The van der Waals surface area contributed by atoms with E-state index in [1.165, 1.54) is 0 Å². The predicted molar refractivity (Wildman–Crippen MR) is 117 cm³/mol. The molecule has 1 aromatic heterocycles. The van der Waals surface area contributed by atoms with Crippen molar-refractivity contribution in [2.75, 3.05) is 23.3 Å². The lowest BCUT2D eigenvalue weighted by molar-refractivity contribution is 0.145. The molecule has 4 rings (SSSR count). The van der Waals surface area contributed by atoms with Gasteiger partial charge in [-0.05, 0) is 43.0 Å². The van der Waals surface area contributed by atoms with Gasteiger partial charge in [-0.2, -0.15) is 0 Å². The molecule has 0 atom stereocenters. The maximum Gasteiger partial charge on any atom is 0.188 e. The van der Waals surface area contributed by atoms with Gasteiger partial charge in [-0.1, -0.05) is 35.9 Å². The number of anilines is 2. The lowest BCUT2D eigenvalue weighted by Crippen LogP contribution is -2.36. The highest BCUT2D eigenvalue weighted by Gasteiger charge is 2.21. The fourth-order valence-electron chi connectivity index (χ4n) is 3.57. The number of hydrogen-bond donors (Lipinski definition) is 2. The Morgan fingerprint density at radius 2 is 1.97 bits per heavy atom. The summed E-state index contributed by atoms with van der Waals surface area (Å²) in [7, 11) is 0. The molecule has 0 radical (unpaired) electrons. The van der Waals surface area contributed by atoms with Crippen LogP contribution in [0.2, 0.25) is 5.02 Å². The normalized spacial score (nSPS) is 14.8. The molecule has 2 N–H and O–H groups in total. The monoisotopic (exact) mass is 407 g/mol. The van der Waals surface area contributed by atoms with Crippen LogP contribution in [-0.2, 0) is 6.54 Å². The molecule has 1 fully saturated rings. The zero-order chi connectivity index (χ0) is 20.4. The number of nitrogens with one attached hydrogen (secondary N) is 1. The van der Waals surface area contributed by atoms with E-state index in [2.05, 4.69) is 25.3 Å². The minimum atomic E-state index is -0.249. The number of aryl methyl sites for hydroxylation is 1. The summed E-state index contributed by atoms with van der Waals surface area (Å²) in [5.41, 5.74) is 2.65. The van der Waals surface area contributed by atoms with Gasteiger partial charge in [0.2, 0.25) is 0 Å². The van der Waals surface area contributed by atoms with E-state index < -0.39 is 0 Å². The number of nitrogens with zero attached hydrogens (tertiary/aromatic N) is 4. The van der Waals surface area contributed by atoms with Crippen LogP contribution in [0.3, 0.4) is 0 Å². The summed E-state index contributed by atoms with van der Waals surface area (Å²) in [4.78, 5) is 5.72. The Labute approximate surface area is 175 Å². The van der Waals surface area contributed by atoms with Gasteiger partial charge < -0.3 is 15.3 Å². The number of hydrogen-bond acceptors (Lipinski definition) is 5. The van der Waals surface area contributed by atoms with E-state index in [0.29, 0.717) is 18.1 Å². The Hall–Kier alpha value is -2.88. The van der Waals surface area contributed by atoms with Crippen molar-refractivity contribution in [1.82, 2.24) is 10.2 Å². The van der Waals surface area contributed by atoms with Crippen LogP contribution in [0.1, 0.15) is 24.0 Å². The first-order valence-corrected chi connectivity index (χ1v) is 10.0. The van der Waals surface area contributed by atoms with E-state index in [1.807, 2.05) is 43.3 Å². The molecule has 2 heterocycles.